The molecular formula is C26H18N2. The van der Waals surface area contributed by atoms with Crippen LogP contribution < -0.4 is 0 Å². The molecule has 28 heavy (non-hydrogen) atoms. The molecule has 0 amide bonds. The predicted octanol–water partition coefficient (Wildman–Crippen LogP) is 6.63. The Morgan fingerprint density at radius 2 is 0.964 bits per heavy atom. The fourth-order valence-electron chi connectivity index (χ4n) is 3.55. The van der Waals surface area contributed by atoms with Gasteiger partial charge in [-0.25, -0.2) is 9.97 Å². The van der Waals surface area contributed by atoms with E-state index in [0.29, 0.717) is 0 Å². The highest BCUT2D eigenvalue weighted by atomic mass is 14.8. The molecule has 5 aromatic rings. The lowest BCUT2D eigenvalue weighted by Gasteiger charge is -2.09. The SMILES string of the molecule is c1ccc(-c2ccc(-c3ncnc4cc(-c5ccccc5)ccc34)cc2)cc1. The molecule has 132 valence electrons. The van der Waals surface area contributed by atoms with Crippen LogP contribution in [0, 0.1) is 0 Å². The number of fused-ring (bicyclic) bond motifs is 1. The summed E-state index contributed by atoms with van der Waals surface area (Å²) in [6.45, 7) is 0. The average molecular weight is 358 g/mol. The second-order valence-corrected chi connectivity index (χ2v) is 6.76. The molecule has 0 radical (unpaired) electrons. The van der Waals surface area contributed by atoms with Gasteiger partial charge in [0.15, 0.2) is 0 Å². The van der Waals surface area contributed by atoms with Crippen LogP contribution in [0.2, 0.25) is 0 Å². The summed E-state index contributed by atoms with van der Waals surface area (Å²) in [5, 5.41) is 1.06. The van der Waals surface area contributed by atoms with E-state index in [-0.39, 0.29) is 0 Å². The summed E-state index contributed by atoms with van der Waals surface area (Å²) in [6.07, 6.45) is 1.65. The third-order valence-electron chi connectivity index (χ3n) is 5.01. The Balaban J connectivity index is 1.56. The summed E-state index contributed by atoms with van der Waals surface area (Å²) < 4.78 is 0. The molecule has 0 bridgehead atoms. The van der Waals surface area contributed by atoms with Gasteiger partial charge in [0.05, 0.1) is 11.2 Å². The normalized spacial score (nSPS) is 10.9. The van der Waals surface area contributed by atoms with Crippen molar-refractivity contribution in [1.29, 1.82) is 0 Å². The van der Waals surface area contributed by atoms with Crippen LogP contribution in [0.5, 0.6) is 0 Å². The number of benzene rings is 4. The maximum absolute atomic E-state index is 4.57. The van der Waals surface area contributed by atoms with E-state index in [1.807, 2.05) is 12.1 Å². The van der Waals surface area contributed by atoms with E-state index in [4.69, 9.17) is 0 Å². The van der Waals surface area contributed by atoms with Crippen molar-refractivity contribution in [2.45, 2.75) is 0 Å². The van der Waals surface area contributed by atoms with Crippen LogP contribution in [0.25, 0.3) is 44.4 Å². The Morgan fingerprint density at radius 1 is 0.429 bits per heavy atom. The number of aromatic nitrogens is 2. The molecule has 0 saturated carbocycles. The van der Waals surface area contributed by atoms with E-state index < -0.39 is 0 Å². The topological polar surface area (TPSA) is 25.8 Å². The van der Waals surface area contributed by atoms with E-state index in [1.165, 1.54) is 16.7 Å². The van der Waals surface area contributed by atoms with Crippen molar-refractivity contribution in [2.24, 2.45) is 0 Å². The van der Waals surface area contributed by atoms with Crippen LogP contribution in [0.3, 0.4) is 0 Å². The number of hydrogen-bond acceptors (Lipinski definition) is 2. The minimum absolute atomic E-state index is 0.957. The molecule has 0 N–H and O–H groups in total. The number of hydrogen-bond donors (Lipinski definition) is 0. The van der Waals surface area contributed by atoms with Gasteiger partial charge in [0.1, 0.15) is 6.33 Å². The zero-order chi connectivity index (χ0) is 18.8. The highest BCUT2D eigenvalue weighted by Crippen LogP contribution is 2.30. The Bertz CT molecular complexity index is 1230. The Labute approximate surface area is 164 Å². The summed E-state index contributed by atoms with van der Waals surface area (Å²) >= 11 is 0. The van der Waals surface area contributed by atoms with Crippen LogP contribution in [0.1, 0.15) is 0 Å². The van der Waals surface area contributed by atoms with E-state index >= 15 is 0 Å². The third-order valence-corrected chi connectivity index (χ3v) is 5.01. The first kappa shape index (κ1) is 16.4. The fourth-order valence-corrected chi connectivity index (χ4v) is 3.55. The standard InChI is InChI=1S/C26H18N2/c1-3-7-19(8-4-1)21-11-13-22(14-12-21)26-24-16-15-23(17-25(24)27-18-28-26)20-9-5-2-6-10-20/h1-18H. The summed E-state index contributed by atoms with van der Waals surface area (Å²) in [6, 6.07) is 35.7. The van der Waals surface area contributed by atoms with Gasteiger partial charge in [-0.2, -0.15) is 0 Å². The molecule has 4 aromatic carbocycles. The van der Waals surface area contributed by atoms with Gasteiger partial charge in [0.2, 0.25) is 0 Å². The van der Waals surface area contributed by atoms with Crippen molar-refractivity contribution in [3.05, 3.63) is 109 Å². The van der Waals surface area contributed by atoms with Crippen molar-refractivity contribution in [2.75, 3.05) is 0 Å². The van der Waals surface area contributed by atoms with Crippen LogP contribution in [-0.4, -0.2) is 9.97 Å². The molecule has 2 heteroatoms. The molecular weight excluding hydrogens is 340 g/mol. The summed E-state index contributed by atoms with van der Waals surface area (Å²) in [4.78, 5) is 9.08. The number of rotatable bonds is 3. The highest BCUT2D eigenvalue weighted by molar-refractivity contribution is 5.94. The van der Waals surface area contributed by atoms with Crippen molar-refractivity contribution >= 4 is 10.9 Å². The Hall–Kier alpha value is -3.78. The summed E-state index contributed by atoms with van der Waals surface area (Å²) in [5.41, 5.74) is 7.79. The second-order valence-electron chi connectivity index (χ2n) is 6.76. The maximum Gasteiger partial charge on any atom is 0.116 e. The molecule has 5 rings (SSSR count). The second kappa shape index (κ2) is 7.09. The molecule has 0 unspecified atom stereocenters. The lowest BCUT2D eigenvalue weighted by molar-refractivity contribution is 1.22. The summed E-state index contributed by atoms with van der Waals surface area (Å²) in [7, 11) is 0. The van der Waals surface area contributed by atoms with Crippen molar-refractivity contribution < 1.29 is 0 Å². The van der Waals surface area contributed by atoms with Gasteiger partial charge in [0, 0.05) is 10.9 Å². The molecule has 0 aliphatic heterocycles. The zero-order valence-corrected chi connectivity index (χ0v) is 15.3. The van der Waals surface area contributed by atoms with Gasteiger partial charge in [0.25, 0.3) is 0 Å². The van der Waals surface area contributed by atoms with Gasteiger partial charge in [-0.15, -0.1) is 0 Å². The van der Waals surface area contributed by atoms with Crippen LogP contribution in [0.15, 0.2) is 109 Å². The quantitative estimate of drug-likeness (QED) is 0.362. The lowest BCUT2D eigenvalue weighted by Crippen LogP contribution is -1.90. The molecule has 0 saturated heterocycles. The van der Waals surface area contributed by atoms with Crippen LogP contribution >= 0.6 is 0 Å². The fraction of sp³-hybridized carbons (Fsp3) is 0. The van der Waals surface area contributed by atoms with Gasteiger partial charge in [-0.3, -0.25) is 0 Å². The molecule has 2 nitrogen and oxygen atoms in total. The minimum atomic E-state index is 0.957. The molecule has 0 aliphatic carbocycles. The van der Waals surface area contributed by atoms with E-state index in [0.717, 1.165) is 27.7 Å². The van der Waals surface area contributed by atoms with Gasteiger partial charge in [-0.05, 0) is 34.4 Å². The van der Waals surface area contributed by atoms with Crippen molar-refractivity contribution in [3.63, 3.8) is 0 Å². The first-order valence-corrected chi connectivity index (χ1v) is 9.34. The number of nitrogens with zero attached hydrogens (tertiary/aromatic N) is 2. The molecule has 0 atom stereocenters. The van der Waals surface area contributed by atoms with E-state index in [2.05, 4.69) is 101 Å². The monoisotopic (exact) mass is 358 g/mol. The maximum atomic E-state index is 4.57. The summed E-state index contributed by atoms with van der Waals surface area (Å²) in [5.74, 6) is 0. The smallest absolute Gasteiger partial charge is 0.116 e. The molecule has 1 heterocycles. The van der Waals surface area contributed by atoms with E-state index in [9.17, 15) is 0 Å². The predicted molar refractivity (Wildman–Crippen MR) is 116 cm³/mol. The lowest BCUT2D eigenvalue weighted by atomic mass is 9.99. The van der Waals surface area contributed by atoms with Crippen molar-refractivity contribution in [1.82, 2.24) is 9.97 Å². The molecule has 0 aliphatic rings. The highest BCUT2D eigenvalue weighted by Gasteiger charge is 2.08. The molecule has 0 fully saturated rings. The zero-order valence-electron chi connectivity index (χ0n) is 15.3. The first-order valence-electron chi connectivity index (χ1n) is 9.34. The van der Waals surface area contributed by atoms with Gasteiger partial charge in [-0.1, -0.05) is 91.0 Å². The Kier molecular flexibility index (Phi) is 4.15. The third kappa shape index (κ3) is 3.06. The van der Waals surface area contributed by atoms with Gasteiger partial charge >= 0.3 is 0 Å². The largest absolute Gasteiger partial charge is 0.236 e. The van der Waals surface area contributed by atoms with Crippen LogP contribution in [0.4, 0.5) is 0 Å². The van der Waals surface area contributed by atoms with Crippen LogP contribution in [-0.2, 0) is 0 Å². The molecule has 1 aromatic heterocycles. The van der Waals surface area contributed by atoms with E-state index in [1.54, 1.807) is 6.33 Å². The van der Waals surface area contributed by atoms with Gasteiger partial charge < -0.3 is 0 Å². The molecule has 0 spiro atoms. The minimum Gasteiger partial charge on any atom is -0.236 e. The van der Waals surface area contributed by atoms with Crippen molar-refractivity contribution in [3.8, 4) is 33.5 Å². The first-order chi connectivity index (χ1) is 13.9. The average Bonchev–Trinajstić information content (AvgIpc) is 2.79. The Morgan fingerprint density at radius 3 is 1.64 bits per heavy atom.